The van der Waals surface area contributed by atoms with E-state index in [-0.39, 0.29) is 11.0 Å². The van der Waals surface area contributed by atoms with Crippen molar-refractivity contribution in [3.63, 3.8) is 0 Å². The fourth-order valence-electron chi connectivity index (χ4n) is 3.65. The van der Waals surface area contributed by atoms with Gasteiger partial charge in [0.15, 0.2) is 0 Å². The Balaban J connectivity index is 1.32. The molecular formula is C24H26N2O3S. The third-order valence-electron chi connectivity index (χ3n) is 5.31. The van der Waals surface area contributed by atoms with Crippen LogP contribution >= 0.6 is 0 Å². The maximum absolute atomic E-state index is 12.7. The minimum Gasteiger partial charge on any atom is -0.371 e. The Hall–Kier alpha value is -2.51. The van der Waals surface area contributed by atoms with Gasteiger partial charge in [0.2, 0.25) is 10.0 Å². The van der Waals surface area contributed by atoms with Crippen LogP contribution in [-0.2, 0) is 14.8 Å². The van der Waals surface area contributed by atoms with Crippen molar-refractivity contribution in [2.24, 2.45) is 0 Å². The highest BCUT2D eigenvalue weighted by Gasteiger charge is 2.22. The fraction of sp³-hybridized carbons (Fsp3) is 0.250. The molecule has 0 aromatic heterocycles. The first-order valence-electron chi connectivity index (χ1n) is 10.2. The minimum atomic E-state index is -3.53. The molecule has 1 fully saturated rings. The summed E-state index contributed by atoms with van der Waals surface area (Å²) < 4.78 is 33.9. The SMILES string of the molecule is O=S(=O)(NCCN1CCOC(c2ccccc2)C1)c1ccc(-c2ccccc2)cc1. The summed E-state index contributed by atoms with van der Waals surface area (Å²) in [6.45, 7) is 3.22. The van der Waals surface area contributed by atoms with Crippen molar-refractivity contribution >= 4 is 10.0 Å². The van der Waals surface area contributed by atoms with Crippen LogP contribution in [0.15, 0.2) is 89.8 Å². The first-order valence-corrected chi connectivity index (χ1v) is 11.6. The molecule has 0 amide bonds. The summed E-state index contributed by atoms with van der Waals surface area (Å²) in [5.41, 5.74) is 3.21. The molecule has 1 aliphatic rings. The van der Waals surface area contributed by atoms with Crippen LogP contribution in [0, 0.1) is 0 Å². The topological polar surface area (TPSA) is 58.6 Å². The van der Waals surface area contributed by atoms with E-state index >= 15 is 0 Å². The zero-order valence-electron chi connectivity index (χ0n) is 16.8. The standard InChI is InChI=1S/C24H26N2O3S/c27-30(28,23-13-11-21(12-14-23)20-7-3-1-4-8-20)25-15-16-26-17-18-29-24(19-26)22-9-5-2-6-10-22/h1-14,24-25H,15-19H2. The fourth-order valence-corrected chi connectivity index (χ4v) is 4.67. The van der Waals surface area contributed by atoms with Crippen LogP contribution in [0.5, 0.6) is 0 Å². The first-order chi connectivity index (χ1) is 14.6. The Morgan fingerprint density at radius 2 is 1.50 bits per heavy atom. The van der Waals surface area contributed by atoms with Crippen molar-refractivity contribution in [3.8, 4) is 11.1 Å². The van der Waals surface area contributed by atoms with Gasteiger partial charge in [-0.05, 0) is 28.8 Å². The molecule has 1 N–H and O–H groups in total. The lowest BCUT2D eigenvalue weighted by atomic mass is 10.1. The van der Waals surface area contributed by atoms with E-state index in [4.69, 9.17) is 4.74 Å². The van der Waals surface area contributed by atoms with Crippen molar-refractivity contribution in [2.45, 2.75) is 11.0 Å². The number of morpholine rings is 1. The van der Waals surface area contributed by atoms with Gasteiger partial charge in [0.05, 0.1) is 17.6 Å². The zero-order valence-corrected chi connectivity index (χ0v) is 17.6. The van der Waals surface area contributed by atoms with E-state index in [1.54, 1.807) is 12.1 Å². The number of rotatable bonds is 7. The number of hydrogen-bond donors (Lipinski definition) is 1. The Labute approximate surface area is 178 Å². The molecule has 1 unspecified atom stereocenters. The number of hydrogen-bond acceptors (Lipinski definition) is 4. The number of sulfonamides is 1. The molecule has 1 aliphatic heterocycles. The van der Waals surface area contributed by atoms with Gasteiger partial charge in [-0.2, -0.15) is 0 Å². The summed E-state index contributed by atoms with van der Waals surface area (Å²) in [5, 5.41) is 0. The molecule has 1 heterocycles. The maximum Gasteiger partial charge on any atom is 0.240 e. The lowest BCUT2D eigenvalue weighted by Crippen LogP contribution is -2.42. The summed E-state index contributed by atoms with van der Waals surface area (Å²) in [6, 6.07) is 27.1. The molecule has 0 bridgehead atoms. The van der Waals surface area contributed by atoms with E-state index in [1.807, 2.05) is 60.7 Å². The monoisotopic (exact) mass is 422 g/mol. The van der Waals surface area contributed by atoms with Gasteiger partial charge >= 0.3 is 0 Å². The largest absolute Gasteiger partial charge is 0.371 e. The quantitative estimate of drug-likeness (QED) is 0.631. The lowest BCUT2D eigenvalue weighted by molar-refractivity contribution is -0.0291. The van der Waals surface area contributed by atoms with Gasteiger partial charge in [0.25, 0.3) is 0 Å². The van der Waals surface area contributed by atoms with Crippen LogP contribution in [0.3, 0.4) is 0 Å². The van der Waals surface area contributed by atoms with Gasteiger partial charge < -0.3 is 4.74 Å². The minimum absolute atomic E-state index is 0.0297. The second-order valence-electron chi connectivity index (χ2n) is 7.36. The summed E-state index contributed by atoms with van der Waals surface area (Å²) in [5.74, 6) is 0. The lowest BCUT2D eigenvalue weighted by Gasteiger charge is -2.33. The summed E-state index contributed by atoms with van der Waals surface area (Å²) in [4.78, 5) is 2.52. The summed E-state index contributed by atoms with van der Waals surface area (Å²) >= 11 is 0. The normalized spacial score (nSPS) is 17.7. The maximum atomic E-state index is 12.7. The number of nitrogens with zero attached hydrogens (tertiary/aromatic N) is 1. The molecule has 30 heavy (non-hydrogen) atoms. The van der Waals surface area contributed by atoms with Crippen LogP contribution in [0.1, 0.15) is 11.7 Å². The molecule has 6 heteroatoms. The molecule has 3 aromatic rings. The molecular weight excluding hydrogens is 396 g/mol. The average Bonchev–Trinajstić information content (AvgIpc) is 2.80. The van der Waals surface area contributed by atoms with Crippen LogP contribution in [0.25, 0.3) is 11.1 Å². The van der Waals surface area contributed by atoms with Crippen LogP contribution < -0.4 is 4.72 Å². The van der Waals surface area contributed by atoms with Gasteiger partial charge in [-0.25, -0.2) is 13.1 Å². The van der Waals surface area contributed by atoms with E-state index < -0.39 is 10.0 Å². The third kappa shape index (κ3) is 5.15. The summed E-state index contributed by atoms with van der Waals surface area (Å²) in [6.07, 6.45) is 0.0297. The van der Waals surface area contributed by atoms with Gasteiger partial charge in [-0.1, -0.05) is 72.8 Å². The van der Waals surface area contributed by atoms with Crippen molar-refractivity contribution in [2.75, 3.05) is 32.8 Å². The van der Waals surface area contributed by atoms with Gasteiger partial charge in [0.1, 0.15) is 0 Å². The van der Waals surface area contributed by atoms with Crippen molar-refractivity contribution in [1.29, 1.82) is 0 Å². The molecule has 0 radical (unpaired) electrons. The van der Waals surface area contributed by atoms with E-state index in [1.165, 1.54) is 0 Å². The highest BCUT2D eigenvalue weighted by Crippen LogP contribution is 2.22. The molecule has 1 saturated heterocycles. The van der Waals surface area contributed by atoms with Crippen LogP contribution in [-0.4, -0.2) is 46.1 Å². The molecule has 0 saturated carbocycles. The molecule has 0 aliphatic carbocycles. The highest BCUT2D eigenvalue weighted by molar-refractivity contribution is 7.89. The van der Waals surface area contributed by atoms with E-state index in [2.05, 4.69) is 21.8 Å². The van der Waals surface area contributed by atoms with Gasteiger partial charge in [0, 0.05) is 26.2 Å². The van der Waals surface area contributed by atoms with Crippen LogP contribution in [0.2, 0.25) is 0 Å². The highest BCUT2D eigenvalue weighted by atomic mass is 32.2. The smallest absolute Gasteiger partial charge is 0.240 e. The zero-order chi connectivity index (χ0) is 20.8. The second kappa shape index (κ2) is 9.53. The number of nitrogens with one attached hydrogen (secondary N) is 1. The molecule has 1 atom stereocenters. The molecule has 0 spiro atoms. The van der Waals surface area contributed by atoms with Crippen LogP contribution in [0.4, 0.5) is 0 Å². The molecule has 5 nitrogen and oxygen atoms in total. The number of ether oxygens (including phenoxy) is 1. The van der Waals surface area contributed by atoms with Crippen molar-refractivity contribution < 1.29 is 13.2 Å². The van der Waals surface area contributed by atoms with E-state index in [0.717, 1.165) is 29.8 Å². The Bertz CT molecular complexity index is 1040. The van der Waals surface area contributed by atoms with E-state index in [9.17, 15) is 8.42 Å². The van der Waals surface area contributed by atoms with Crippen molar-refractivity contribution in [1.82, 2.24) is 9.62 Å². The predicted molar refractivity (Wildman–Crippen MR) is 119 cm³/mol. The predicted octanol–water partition coefficient (Wildman–Crippen LogP) is 3.71. The Kier molecular flexibility index (Phi) is 6.59. The van der Waals surface area contributed by atoms with E-state index in [0.29, 0.717) is 19.7 Å². The Morgan fingerprint density at radius 3 is 2.20 bits per heavy atom. The first kappa shape index (κ1) is 20.8. The van der Waals surface area contributed by atoms with Gasteiger partial charge in [-0.3, -0.25) is 4.90 Å². The number of benzene rings is 3. The molecule has 4 rings (SSSR count). The van der Waals surface area contributed by atoms with Gasteiger partial charge in [-0.15, -0.1) is 0 Å². The molecule has 3 aromatic carbocycles. The third-order valence-corrected chi connectivity index (χ3v) is 6.79. The second-order valence-corrected chi connectivity index (χ2v) is 9.13. The molecule has 156 valence electrons. The van der Waals surface area contributed by atoms with Crippen molar-refractivity contribution in [3.05, 3.63) is 90.5 Å². The average molecular weight is 423 g/mol. The Morgan fingerprint density at radius 1 is 0.867 bits per heavy atom. The summed E-state index contributed by atoms with van der Waals surface area (Å²) in [7, 11) is -3.53.